The Balaban J connectivity index is 2.55. The van der Waals surface area contributed by atoms with Crippen LogP contribution in [0.2, 0.25) is 0 Å². The Bertz CT molecular complexity index is 348. The molecule has 0 saturated heterocycles. The molecule has 17 heavy (non-hydrogen) atoms. The average molecular weight is 254 g/mol. The number of aliphatic hydroxyl groups is 1. The van der Waals surface area contributed by atoms with Crippen molar-refractivity contribution in [1.82, 2.24) is 0 Å². The van der Waals surface area contributed by atoms with Gasteiger partial charge in [-0.3, -0.25) is 4.79 Å². The number of hydrogen-bond donors (Lipinski definition) is 1. The lowest BCUT2D eigenvalue weighted by Gasteiger charge is -2.10. The van der Waals surface area contributed by atoms with Crippen molar-refractivity contribution in [1.29, 1.82) is 0 Å². The van der Waals surface area contributed by atoms with E-state index >= 15 is 0 Å². The van der Waals surface area contributed by atoms with Crippen LogP contribution in [0.3, 0.4) is 0 Å². The van der Waals surface area contributed by atoms with Crippen LogP contribution in [-0.2, 0) is 0 Å². The van der Waals surface area contributed by atoms with Crippen molar-refractivity contribution in [3.63, 3.8) is 0 Å². The molecule has 0 fully saturated rings. The SMILES string of the molecule is COc1ccc(C(=O)C(C)SCCCO)cc1. The Morgan fingerprint density at radius 1 is 1.41 bits per heavy atom. The fraction of sp³-hybridized carbons (Fsp3) is 0.462. The number of benzene rings is 1. The van der Waals surface area contributed by atoms with E-state index in [1.807, 2.05) is 6.92 Å². The summed E-state index contributed by atoms with van der Waals surface area (Å²) >= 11 is 1.57. The summed E-state index contributed by atoms with van der Waals surface area (Å²) in [5.74, 6) is 1.68. The van der Waals surface area contributed by atoms with Crippen molar-refractivity contribution in [3.05, 3.63) is 29.8 Å². The maximum absolute atomic E-state index is 12.0. The van der Waals surface area contributed by atoms with Gasteiger partial charge in [-0.15, -0.1) is 0 Å². The molecule has 0 radical (unpaired) electrons. The van der Waals surface area contributed by atoms with Gasteiger partial charge in [0.05, 0.1) is 12.4 Å². The lowest BCUT2D eigenvalue weighted by atomic mass is 10.1. The number of hydrogen-bond acceptors (Lipinski definition) is 4. The molecule has 1 rings (SSSR count). The molecule has 0 aliphatic carbocycles. The van der Waals surface area contributed by atoms with Gasteiger partial charge in [-0.05, 0) is 43.4 Å². The second-order valence-corrected chi connectivity index (χ2v) is 5.13. The largest absolute Gasteiger partial charge is 0.497 e. The van der Waals surface area contributed by atoms with Gasteiger partial charge in [0.2, 0.25) is 0 Å². The number of methoxy groups -OCH3 is 1. The minimum absolute atomic E-state index is 0.0741. The maximum Gasteiger partial charge on any atom is 0.175 e. The lowest BCUT2D eigenvalue weighted by molar-refractivity contribution is 0.0994. The summed E-state index contributed by atoms with van der Waals surface area (Å²) < 4.78 is 5.04. The minimum atomic E-state index is -0.0741. The molecule has 0 aromatic heterocycles. The van der Waals surface area contributed by atoms with Crippen molar-refractivity contribution in [3.8, 4) is 5.75 Å². The van der Waals surface area contributed by atoms with Gasteiger partial charge in [-0.2, -0.15) is 11.8 Å². The zero-order valence-electron chi connectivity index (χ0n) is 10.2. The smallest absolute Gasteiger partial charge is 0.175 e. The van der Waals surface area contributed by atoms with Gasteiger partial charge >= 0.3 is 0 Å². The molecule has 0 amide bonds. The Kier molecular flexibility index (Phi) is 6.08. The molecule has 0 bridgehead atoms. The molecule has 0 aliphatic heterocycles. The van der Waals surface area contributed by atoms with Crippen LogP contribution < -0.4 is 4.74 Å². The van der Waals surface area contributed by atoms with Crippen molar-refractivity contribution in [2.75, 3.05) is 19.5 Å². The van der Waals surface area contributed by atoms with Gasteiger partial charge in [0.1, 0.15) is 5.75 Å². The van der Waals surface area contributed by atoms with E-state index in [-0.39, 0.29) is 17.6 Å². The third-order valence-electron chi connectivity index (χ3n) is 2.41. The van der Waals surface area contributed by atoms with Crippen molar-refractivity contribution >= 4 is 17.5 Å². The molecule has 0 spiro atoms. The molecule has 1 N–H and O–H groups in total. The Morgan fingerprint density at radius 3 is 2.59 bits per heavy atom. The van der Waals surface area contributed by atoms with E-state index in [9.17, 15) is 4.79 Å². The van der Waals surface area contributed by atoms with Gasteiger partial charge in [-0.1, -0.05) is 0 Å². The second-order valence-electron chi connectivity index (χ2n) is 3.68. The number of rotatable bonds is 7. The minimum Gasteiger partial charge on any atom is -0.497 e. The zero-order chi connectivity index (χ0) is 12.7. The molecule has 0 heterocycles. The highest BCUT2D eigenvalue weighted by Crippen LogP contribution is 2.19. The van der Waals surface area contributed by atoms with Crippen LogP contribution in [0.5, 0.6) is 5.75 Å². The molecular weight excluding hydrogens is 236 g/mol. The summed E-state index contributed by atoms with van der Waals surface area (Å²) in [5.41, 5.74) is 0.704. The molecule has 1 unspecified atom stereocenters. The predicted octanol–water partition coefficient (Wildman–Crippen LogP) is 2.38. The summed E-state index contributed by atoms with van der Waals surface area (Å²) in [7, 11) is 1.60. The number of Topliss-reactive ketones (excluding diaryl/α,β-unsaturated/α-hetero) is 1. The molecule has 94 valence electrons. The maximum atomic E-state index is 12.0. The fourth-order valence-corrected chi connectivity index (χ4v) is 2.33. The normalized spacial score (nSPS) is 12.2. The van der Waals surface area contributed by atoms with E-state index in [1.165, 1.54) is 0 Å². The van der Waals surface area contributed by atoms with Crippen LogP contribution in [0.1, 0.15) is 23.7 Å². The first-order chi connectivity index (χ1) is 8.19. The van der Waals surface area contributed by atoms with E-state index in [0.717, 1.165) is 17.9 Å². The Labute approximate surface area is 106 Å². The second kappa shape index (κ2) is 7.35. The van der Waals surface area contributed by atoms with Crippen LogP contribution in [0.25, 0.3) is 0 Å². The number of ketones is 1. The van der Waals surface area contributed by atoms with Gasteiger partial charge in [0.15, 0.2) is 5.78 Å². The number of aliphatic hydroxyl groups excluding tert-OH is 1. The topological polar surface area (TPSA) is 46.5 Å². The van der Waals surface area contributed by atoms with E-state index < -0.39 is 0 Å². The summed E-state index contributed by atoms with van der Waals surface area (Å²) in [4.78, 5) is 12.0. The quantitative estimate of drug-likeness (QED) is 0.599. The molecule has 1 aromatic rings. The first kappa shape index (κ1) is 14.1. The molecular formula is C13H18O3S. The first-order valence-corrected chi connectivity index (χ1v) is 6.64. The highest BCUT2D eigenvalue weighted by Gasteiger charge is 2.15. The summed E-state index contributed by atoms with van der Waals surface area (Å²) in [6.07, 6.45) is 0.727. The highest BCUT2D eigenvalue weighted by molar-refractivity contribution is 8.00. The van der Waals surface area contributed by atoms with Crippen LogP contribution >= 0.6 is 11.8 Å². The van der Waals surface area contributed by atoms with Crippen LogP contribution in [0.15, 0.2) is 24.3 Å². The van der Waals surface area contributed by atoms with Crippen LogP contribution in [-0.4, -0.2) is 35.6 Å². The average Bonchev–Trinajstić information content (AvgIpc) is 2.38. The summed E-state index contributed by atoms with van der Waals surface area (Å²) in [6.45, 7) is 2.07. The Morgan fingerprint density at radius 2 is 2.06 bits per heavy atom. The van der Waals surface area contributed by atoms with Gasteiger partial charge in [0, 0.05) is 12.2 Å². The molecule has 0 aliphatic rings. The van der Waals surface area contributed by atoms with E-state index in [4.69, 9.17) is 9.84 Å². The predicted molar refractivity (Wildman–Crippen MR) is 70.9 cm³/mol. The summed E-state index contributed by atoms with van der Waals surface area (Å²) in [5, 5.41) is 8.61. The zero-order valence-corrected chi connectivity index (χ0v) is 11.0. The third kappa shape index (κ3) is 4.40. The van der Waals surface area contributed by atoms with Crippen molar-refractivity contribution < 1.29 is 14.6 Å². The van der Waals surface area contributed by atoms with E-state index in [0.29, 0.717) is 5.56 Å². The highest BCUT2D eigenvalue weighted by atomic mass is 32.2. The first-order valence-electron chi connectivity index (χ1n) is 5.59. The molecule has 4 heteroatoms. The number of carbonyl (C=O) groups is 1. The molecule has 3 nitrogen and oxygen atoms in total. The number of carbonyl (C=O) groups excluding carboxylic acids is 1. The van der Waals surface area contributed by atoms with E-state index in [1.54, 1.807) is 43.1 Å². The molecule has 1 atom stereocenters. The molecule has 0 saturated carbocycles. The third-order valence-corrected chi connectivity index (χ3v) is 3.65. The number of thioether (sulfide) groups is 1. The van der Waals surface area contributed by atoms with Crippen molar-refractivity contribution in [2.45, 2.75) is 18.6 Å². The summed E-state index contributed by atoms with van der Waals surface area (Å²) in [6, 6.07) is 7.14. The van der Waals surface area contributed by atoms with Gasteiger partial charge < -0.3 is 9.84 Å². The number of ether oxygens (including phenoxy) is 1. The fourth-order valence-electron chi connectivity index (χ4n) is 1.39. The van der Waals surface area contributed by atoms with E-state index in [2.05, 4.69) is 0 Å². The van der Waals surface area contributed by atoms with Crippen molar-refractivity contribution in [2.24, 2.45) is 0 Å². The van der Waals surface area contributed by atoms with Crippen LogP contribution in [0.4, 0.5) is 0 Å². The van der Waals surface area contributed by atoms with Gasteiger partial charge in [-0.25, -0.2) is 0 Å². The van der Waals surface area contributed by atoms with Gasteiger partial charge in [0.25, 0.3) is 0 Å². The standard InChI is InChI=1S/C13H18O3S/c1-10(17-9-3-8-14)13(15)11-4-6-12(16-2)7-5-11/h4-7,10,14H,3,8-9H2,1-2H3. The lowest BCUT2D eigenvalue weighted by Crippen LogP contribution is -2.14. The van der Waals surface area contributed by atoms with Crippen LogP contribution in [0, 0.1) is 0 Å². The Hall–Kier alpha value is -1.00. The monoisotopic (exact) mass is 254 g/mol. The molecule has 1 aromatic carbocycles.